The first kappa shape index (κ1) is 18.2. The number of carboxylic acid groups (broad SMARTS) is 1. The summed E-state index contributed by atoms with van der Waals surface area (Å²) in [5.74, 6) is -0.739. The maximum absolute atomic E-state index is 14.4. The molecule has 1 aromatic carbocycles. The van der Waals surface area contributed by atoms with Crippen LogP contribution >= 0.6 is 15.9 Å². The number of halogens is 2. The van der Waals surface area contributed by atoms with Crippen molar-refractivity contribution in [3.05, 3.63) is 34.1 Å². The van der Waals surface area contributed by atoms with Gasteiger partial charge < -0.3 is 9.90 Å². The lowest BCUT2D eigenvalue weighted by atomic mass is 9.73. The van der Waals surface area contributed by atoms with E-state index in [-0.39, 0.29) is 9.87 Å². The number of benzene rings is 1. The van der Waals surface area contributed by atoms with Crippen molar-refractivity contribution in [2.24, 2.45) is 5.41 Å². The lowest BCUT2D eigenvalue weighted by Gasteiger charge is -2.41. The van der Waals surface area contributed by atoms with Crippen LogP contribution < -0.4 is 5.11 Å². The van der Waals surface area contributed by atoms with Crippen LogP contribution in [0.4, 0.5) is 9.18 Å². The Morgan fingerprint density at radius 3 is 2.48 bits per heavy atom. The van der Waals surface area contributed by atoms with E-state index >= 15 is 0 Å². The Kier molecular flexibility index (Phi) is 4.28. The molecule has 0 aliphatic carbocycles. The van der Waals surface area contributed by atoms with Crippen LogP contribution in [0, 0.1) is 11.2 Å². The predicted molar refractivity (Wildman–Crippen MR) is 81.9 cm³/mol. The molecular weight excluding hydrogens is 393 g/mol. The van der Waals surface area contributed by atoms with Crippen molar-refractivity contribution in [2.45, 2.75) is 39.3 Å². The van der Waals surface area contributed by atoms with Gasteiger partial charge in [0.15, 0.2) is 6.09 Å². The Balaban J connectivity index is 2.84. The monoisotopic (exact) mass is 408 g/mol. The van der Waals surface area contributed by atoms with Gasteiger partial charge in [-0.05, 0) is 30.5 Å². The van der Waals surface area contributed by atoms with Gasteiger partial charge in [0.05, 0.1) is 0 Å². The summed E-state index contributed by atoms with van der Waals surface area (Å²) >= 11 is 3.18. The first-order valence-corrected chi connectivity index (χ1v) is 8.88. The fourth-order valence-electron chi connectivity index (χ4n) is 3.00. The van der Waals surface area contributed by atoms with E-state index in [9.17, 15) is 22.7 Å². The Morgan fingerprint density at radius 2 is 2.00 bits per heavy atom. The third-order valence-electron chi connectivity index (χ3n) is 3.80. The Morgan fingerprint density at radius 1 is 1.43 bits per heavy atom. The van der Waals surface area contributed by atoms with E-state index in [0.29, 0.717) is 4.47 Å². The number of carbonyl (C=O) groups excluding carboxylic acids is 1. The molecule has 0 bridgehead atoms. The van der Waals surface area contributed by atoms with Gasteiger partial charge in [0, 0.05) is 10.0 Å². The summed E-state index contributed by atoms with van der Waals surface area (Å²) in [5, 5.41) is 11.5. The summed E-state index contributed by atoms with van der Waals surface area (Å²) in [6, 6.07) is 3.90. The molecule has 1 heterocycles. The minimum Gasteiger partial charge on any atom is -0.529 e. The Hall–Kier alpha value is -1.19. The van der Waals surface area contributed by atoms with Crippen molar-refractivity contribution < 1.29 is 26.9 Å². The van der Waals surface area contributed by atoms with Gasteiger partial charge in [0.25, 0.3) is 0 Å². The highest BCUT2D eigenvalue weighted by Crippen LogP contribution is 2.49. The molecule has 1 amide bonds. The number of nitrogens with zero attached hydrogens (tertiary/aromatic N) is 1. The van der Waals surface area contributed by atoms with E-state index in [1.165, 1.54) is 19.1 Å². The van der Waals surface area contributed by atoms with Crippen molar-refractivity contribution in [1.82, 2.24) is 4.31 Å². The van der Waals surface area contributed by atoms with Crippen LogP contribution in [-0.4, -0.2) is 24.9 Å². The Labute approximate surface area is 142 Å². The standard InChI is InChI=1S/C14H17BrFNO5S/c1-13(2,3)11-14(4,9-7-8(15)5-6-10(9)16)17(12(18)19)23(20,21)22-11/h5-7,11H,1-4H3,(H,18,19)/p-1/t11?,14-/m1/s1. The van der Waals surface area contributed by atoms with Gasteiger partial charge in [-0.3, -0.25) is 0 Å². The van der Waals surface area contributed by atoms with Crippen LogP contribution in [-0.2, 0) is 20.0 Å². The molecule has 9 heteroatoms. The van der Waals surface area contributed by atoms with Gasteiger partial charge in [-0.2, -0.15) is 8.42 Å². The molecule has 1 aromatic rings. The first-order valence-electron chi connectivity index (χ1n) is 6.72. The van der Waals surface area contributed by atoms with Gasteiger partial charge in [-0.1, -0.05) is 36.7 Å². The van der Waals surface area contributed by atoms with Crippen molar-refractivity contribution in [2.75, 3.05) is 0 Å². The summed E-state index contributed by atoms with van der Waals surface area (Å²) in [5.41, 5.74) is -2.71. The molecule has 1 aliphatic rings. The third kappa shape index (κ3) is 2.85. The lowest BCUT2D eigenvalue weighted by Crippen LogP contribution is -2.56. The zero-order valence-electron chi connectivity index (χ0n) is 13.0. The lowest BCUT2D eigenvalue weighted by molar-refractivity contribution is -0.264. The van der Waals surface area contributed by atoms with E-state index in [4.69, 9.17) is 4.18 Å². The largest absolute Gasteiger partial charge is 0.529 e. The molecule has 1 aliphatic heterocycles. The fraction of sp³-hybridized carbons (Fsp3) is 0.500. The van der Waals surface area contributed by atoms with E-state index in [1.54, 1.807) is 20.8 Å². The van der Waals surface area contributed by atoms with Gasteiger partial charge in [0.1, 0.15) is 17.5 Å². The van der Waals surface area contributed by atoms with E-state index < -0.39 is 39.3 Å². The second-order valence-electron chi connectivity index (χ2n) is 6.60. The minimum absolute atomic E-state index is 0.0841. The van der Waals surface area contributed by atoms with Crippen molar-refractivity contribution in [3.63, 3.8) is 0 Å². The smallest absolute Gasteiger partial charge is 0.364 e. The Bertz CT molecular complexity index is 761. The number of hydrogen-bond donors (Lipinski definition) is 0. The number of hydrogen-bond acceptors (Lipinski definition) is 5. The molecule has 2 rings (SSSR count). The normalized spacial score (nSPS) is 27.2. The zero-order chi connectivity index (χ0) is 17.8. The second-order valence-corrected chi connectivity index (χ2v) is 8.93. The highest BCUT2D eigenvalue weighted by atomic mass is 79.9. The molecule has 6 nitrogen and oxygen atoms in total. The maximum Gasteiger partial charge on any atom is 0.364 e. The average molecular weight is 409 g/mol. The summed E-state index contributed by atoms with van der Waals surface area (Å²) in [6.45, 7) is 6.36. The second kappa shape index (κ2) is 5.42. The summed E-state index contributed by atoms with van der Waals surface area (Å²) in [6.07, 6.45) is -3.11. The predicted octanol–water partition coefficient (Wildman–Crippen LogP) is 2.14. The molecule has 23 heavy (non-hydrogen) atoms. The van der Waals surface area contributed by atoms with Gasteiger partial charge in [-0.15, -0.1) is 0 Å². The van der Waals surface area contributed by atoms with Gasteiger partial charge >= 0.3 is 10.3 Å². The van der Waals surface area contributed by atoms with Crippen LogP contribution in [0.5, 0.6) is 0 Å². The molecule has 0 spiro atoms. The van der Waals surface area contributed by atoms with Crippen molar-refractivity contribution in [1.29, 1.82) is 0 Å². The maximum atomic E-state index is 14.4. The van der Waals surface area contributed by atoms with E-state index in [1.807, 2.05) is 0 Å². The van der Waals surface area contributed by atoms with Crippen molar-refractivity contribution in [3.8, 4) is 0 Å². The molecule has 0 aromatic heterocycles. The molecule has 128 valence electrons. The molecular formula is C14H16BrFNO5S-. The topological polar surface area (TPSA) is 86.7 Å². The summed E-state index contributed by atoms with van der Waals surface area (Å²) in [4.78, 5) is 11.5. The SMILES string of the molecule is CC(C)(C)C1OS(=O)(=O)N(C(=O)[O-])[C@]1(C)c1cc(Br)ccc1F. The molecule has 0 saturated carbocycles. The molecule has 1 unspecified atom stereocenters. The van der Waals surface area contributed by atoms with Crippen LogP contribution in [0.15, 0.2) is 22.7 Å². The van der Waals surface area contributed by atoms with Crippen LogP contribution in [0.1, 0.15) is 33.3 Å². The molecule has 1 fully saturated rings. The summed E-state index contributed by atoms with van der Waals surface area (Å²) < 4.78 is 44.4. The fourth-order valence-corrected chi connectivity index (χ4v) is 5.01. The van der Waals surface area contributed by atoms with Crippen molar-refractivity contribution >= 4 is 32.3 Å². The average Bonchev–Trinajstić information content (AvgIpc) is 2.59. The van der Waals surface area contributed by atoms with Crippen LogP contribution in [0.2, 0.25) is 0 Å². The van der Waals surface area contributed by atoms with Gasteiger partial charge in [0.2, 0.25) is 0 Å². The number of rotatable bonds is 1. The highest BCUT2D eigenvalue weighted by molar-refractivity contribution is 9.10. The van der Waals surface area contributed by atoms with Gasteiger partial charge in [-0.25, -0.2) is 12.9 Å². The minimum atomic E-state index is -4.61. The third-order valence-corrected chi connectivity index (χ3v) is 5.70. The first-order chi connectivity index (χ1) is 10.3. The molecule has 1 saturated heterocycles. The number of carbonyl (C=O) groups is 1. The van der Waals surface area contributed by atoms with Crippen LogP contribution in [0.3, 0.4) is 0 Å². The highest BCUT2D eigenvalue weighted by Gasteiger charge is 2.61. The quantitative estimate of drug-likeness (QED) is 0.710. The number of amides is 1. The van der Waals surface area contributed by atoms with E-state index in [2.05, 4.69) is 15.9 Å². The molecule has 2 atom stereocenters. The van der Waals surface area contributed by atoms with E-state index in [0.717, 1.165) is 6.07 Å². The molecule has 0 N–H and O–H groups in total. The zero-order valence-corrected chi connectivity index (χ0v) is 15.4. The molecule has 0 radical (unpaired) electrons. The van der Waals surface area contributed by atoms with Crippen LogP contribution in [0.25, 0.3) is 0 Å². The summed E-state index contributed by atoms with van der Waals surface area (Å²) in [7, 11) is -4.61.